The van der Waals surface area contributed by atoms with Crippen LogP contribution in [0, 0.1) is 4.77 Å². The first-order valence-corrected chi connectivity index (χ1v) is 3.78. The summed E-state index contributed by atoms with van der Waals surface area (Å²) in [6.45, 7) is 0. The van der Waals surface area contributed by atoms with Crippen LogP contribution in [0.4, 0.5) is 0 Å². The van der Waals surface area contributed by atoms with Gasteiger partial charge in [-0.1, -0.05) is 11.6 Å². The summed E-state index contributed by atoms with van der Waals surface area (Å²) in [5.41, 5.74) is 1.65. The molecule has 11 heavy (non-hydrogen) atoms. The van der Waals surface area contributed by atoms with E-state index in [1.165, 1.54) is 0 Å². The molecule has 0 bridgehead atoms. The van der Waals surface area contributed by atoms with Crippen LogP contribution in [0.2, 0.25) is 5.15 Å². The Morgan fingerprint density at radius 2 is 2.27 bits per heavy atom. The van der Waals surface area contributed by atoms with Crippen molar-refractivity contribution >= 4 is 34.9 Å². The first-order valence-electron chi connectivity index (χ1n) is 3.00. The molecular weight excluding hydrogens is 182 g/mol. The van der Waals surface area contributed by atoms with Gasteiger partial charge in [-0.15, -0.1) is 0 Å². The van der Waals surface area contributed by atoms with Crippen LogP contribution in [0.25, 0.3) is 11.0 Å². The van der Waals surface area contributed by atoms with Crippen molar-refractivity contribution in [2.24, 2.45) is 0 Å². The maximum absolute atomic E-state index is 5.76. The Labute approximate surface area is 72.4 Å². The average Bonchev–Trinajstić information content (AvgIpc) is 2.31. The van der Waals surface area contributed by atoms with E-state index in [0.717, 1.165) is 11.0 Å². The van der Waals surface area contributed by atoms with Gasteiger partial charge in [0.25, 0.3) is 0 Å². The van der Waals surface area contributed by atoms with E-state index in [9.17, 15) is 0 Å². The normalized spacial score (nSPS) is 10.6. The van der Waals surface area contributed by atoms with Gasteiger partial charge in [-0.05, 0) is 18.3 Å². The van der Waals surface area contributed by atoms with Crippen LogP contribution in [0.1, 0.15) is 0 Å². The summed E-state index contributed by atoms with van der Waals surface area (Å²) in [4.78, 5) is 9.71. The monoisotopic (exact) mass is 185 g/mol. The van der Waals surface area contributed by atoms with Crippen molar-refractivity contribution in [2.75, 3.05) is 0 Å². The molecule has 0 fully saturated rings. The van der Waals surface area contributed by atoms with Crippen molar-refractivity contribution in [3.63, 3.8) is 0 Å². The third kappa shape index (κ3) is 1.04. The molecule has 2 rings (SSSR count). The maximum Gasteiger partial charge on any atom is 0.175 e. The number of nitrogens with zero attached hydrogens (tertiary/aromatic N) is 1. The minimum Gasteiger partial charge on any atom is -0.331 e. The van der Waals surface area contributed by atoms with Gasteiger partial charge < -0.3 is 9.97 Å². The molecule has 0 amide bonds. The van der Waals surface area contributed by atoms with Crippen LogP contribution in [0.3, 0.4) is 0 Å². The Hall–Kier alpha value is -0.870. The van der Waals surface area contributed by atoms with E-state index in [4.69, 9.17) is 23.8 Å². The molecular formula is C6H4ClN3S. The summed E-state index contributed by atoms with van der Waals surface area (Å²) in [7, 11) is 0. The van der Waals surface area contributed by atoms with Gasteiger partial charge in [-0.2, -0.15) is 0 Å². The minimum atomic E-state index is 0.440. The highest BCUT2D eigenvalue weighted by molar-refractivity contribution is 7.71. The van der Waals surface area contributed by atoms with Gasteiger partial charge in [-0.3, -0.25) is 0 Å². The zero-order valence-corrected chi connectivity index (χ0v) is 6.96. The van der Waals surface area contributed by atoms with Gasteiger partial charge in [0.15, 0.2) is 9.92 Å². The predicted octanol–water partition coefficient (Wildman–Crippen LogP) is 2.27. The lowest BCUT2D eigenvalue weighted by Gasteiger charge is -1.88. The molecule has 3 nitrogen and oxygen atoms in total. The predicted molar refractivity (Wildman–Crippen MR) is 46.3 cm³/mol. The second-order valence-corrected chi connectivity index (χ2v) is 2.87. The molecule has 2 N–H and O–H groups in total. The summed E-state index contributed by atoms with van der Waals surface area (Å²) in [6, 6.07) is 1.81. The van der Waals surface area contributed by atoms with Gasteiger partial charge in [0.1, 0.15) is 5.52 Å². The molecule has 2 heterocycles. The molecule has 0 saturated heterocycles. The molecule has 0 radical (unpaired) electrons. The number of halogens is 1. The van der Waals surface area contributed by atoms with E-state index in [1.807, 2.05) is 6.07 Å². The van der Waals surface area contributed by atoms with E-state index in [-0.39, 0.29) is 0 Å². The first-order chi connectivity index (χ1) is 5.27. The largest absolute Gasteiger partial charge is 0.331 e. The molecule has 0 aliphatic heterocycles. The number of aromatic amines is 2. The molecule has 0 aromatic carbocycles. The number of aromatic nitrogens is 3. The molecule has 0 aliphatic carbocycles. The summed E-state index contributed by atoms with van der Waals surface area (Å²) < 4.78 is 0.565. The van der Waals surface area contributed by atoms with E-state index in [2.05, 4.69) is 15.0 Å². The highest BCUT2D eigenvalue weighted by atomic mass is 35.5. The highest BCUT2D eigenvalue weighted by Gasteiger charge is 1.99. The maximum atomic E-state index is 5.76. The van der Waals surface area contributed by atoms with Crippen LogP contribution < -0.4 is 0 Å². The van der Waals surface area contributed by atoms with Crippen LogP contribution in [-0.2, 0) is 0 Å². The fraction of sp³-hybridized carbons (Fsp3) is 0. The van der Waals surface area contributed by atoms with Crippen LogP contribution in [0.5, 0.6) is 0 Å². The topological polar surface area (TPSA) is 44.5 Å². The lowest BCUT2D eigenvalue weighted by Crippen LogP contribution is -1.75. The molecule has 0 aliphatic rings. The Bertz CT molecular complexity index is 444. The third-order valence-electron chi connectivity index (χ3n) is 1.39. The molecule has 0 saturated carbocycles. The second kappa shape index (κ2) is 2.32. The first kappa shape index (κ1) is 6.82. The van der Waals surface area contributed by atoms with Gasteiger partial charge in [-0.25, -0.2) is 4.98 Å². The van der Waals surface area contributed by atoms with Crippen LogP contribution >= 0.6 is 23.8 Å². The van der Waals surface area contributed by atoms with E-state index in [1.54, 1.807) is 6.20 Å². The van der Waals surface area contributed by atoms with E-state index in [0.29, 0.717) is 9.92 Å². The molecule has 0 atom stereocenters. The molecule has 2 aromatic rings. The zero-order valence-electron chi connectivity index (χ0n) is 5.39. The quantitative estimate of drug-likeness (QED) is 0.489. The van der Waals surface area contributed by atoms with Gasteiger partial charge >= 0.3 is 0 Å². The number of fused-ring (bicyclic) bond motifs is 1. The highest BCUT2D eigenvalue weighted by Crippen LogP contribution is 2.16. The van der Waals surface area contributed by atoms with Gasteiger partial charge in [0.05, 0.1) is 5.52 Å². The second-order valence-electron chi connectivity index (χ2n) is 2.10. The van der Waals surface area contributed by atoms with Crippen molar-refractivity contribution in [1.29, 1.82) is 0 Å². The molecule has 2 aromatic heterocycles. The number of pyridine rings is 1. The number of H-pyrrole nitrogens is 2. The summed E-state index contributed by atoms with van der Waals surface area (Å²) in [5, 5.41) is 0.440. The molecule has 0 spiro atoms. The molecule has 56 valence electrons. The van der Waals surface area contributed by atoms with Gasteiger partial charge in [0, 0.05) is 6.20 Å². The van der Waals surface area contributed by atoms with E-state index < -0.39 is 0 Å². The van der Waals surface area contributed by atoms with Crippen molar-refractivity contribution in [3.05, 3.63) is 22.2 Å². The zero-order chi connectivity index (χ0) is 7.84. The number of hydrogen-bond donors (Lipinski definition) is 2. The van der Waals surface area contributed by atoms with Gasteiger partial charge in [0.2, 0.25) is 0 Å². The Morgan fingerprint density at radius 1 is 1.45 bits per heavy atom. The lowest BCUT2D eigenvalue weighted by atomic mass is 10.4. The molecule has 0 unspecified atom stereocenters. The number of hydrogen-bond acceptors (Lipinski definition) is 2. The summed E-state index contributed by atoms with van der Waals surface area (Å²) >= 11 is 10.6. The van der Waals surface area contributed by atoms with Crippen molar-refractivity contribution in [2.45, 2.75) is 0 Å². The number of imidazole rings is 1. The Morgan fingerprint density at radius 3 is 3.00 bits per heavy atom. The smallest absolute Gasteiger partial charge is 0.175 e. The summed E-state index contributed by atoms with van der Waals surface area (Å²) in [5.74, 6) is 0. The van der Waals surface area contributed by atoms with Crippen LogP contribution in [0.15, 0.2) is 12.3 Å². The standard InChI is InChI=1S/C6H4ClN3S/c7-5-4-3(1-2-8-5)9-6(11)10-4/h1-2H,(H2,9,10,11). The fourth-order valence-electron chi connectivity index (χ4n) is 0.926. The molecule has 5 heteroatoms. The Kier molecular flexibility index (Phi) is 1.44. The Balaban J connectivity index is 3.01. The van der Waals surface area contributed by atoms with Crippen molar-refractivity contribution in [3.8, 4) is 0 Å². The van der Waals surface area contributed by atoms with E-state index >= 15 is 0 Å². The average molecular weight is 186 g/mol. The SMILES string of the molecule is S=c1[nH]c2ccnc(Cl)c2[nH]1. The summed E-state index contributed by atoms with van der Waals surface area (Å²) in [6.07, 6.45) is 1.63. The van der Waals surface area contributed by atoms with Crippen LogP contribution in [-0.4, -0.2) is 15.0 Å². The van der Waals surface area contributed by atoms with Crippen molar-refractivity contribution in [1.82, 2.24) is 15.0 Å². The minimum absolute atomic E-state index is 0.440. The fourth-order valence-corrected chi connectivity index (χ4v) is 1.34. The number of rotatable bonds is 0. The third-order valence-corrected chi connectivity index (χ3v) is 1.88. The number of nitrogens with one attached hydrogen (secondary N) is 2. The van der Waals surface area contributed by atoms with Crippen molar-refractivity contribution < 1.29 is 0 Å². The lowest BCUT2D eigenvalue weighted by molar-refractivity contribution is 1.29.